The predicted octanol–water partition coefficient (Wildman–Crippen LogP) is 15.8. The monoisotopic (exact) mass is 844 g/mol. The Hall–Kier alpha value is -6.90. The molecule has 0 N–H and O–H groups in total. The minimum atomic E-state index is -0.0299. The van der Waals surface area contributed by atoms with E-state index in [4.69, 9.17) is 0 Å². The average Bonchev–Trinajstić information content (AvgIpc) is 3.37. The molecule has 65 heavy (non-hydrogen) atoms. The Labute approximate surface area is 386 Å². The highest BCUT2D eigenvalue weighted by atomic mass is 15.0. The molecular formula is C63H60N2+2. The number of fused-ring (bicyclic) bond motifs is 4. The SMILES string of the molecule is CCCCc1ccc2[n+](c1)C(CC)C(CC)(CC[n+]1ccc3ccccc3c1-c1cc(-c3cccc(-c4cc(-c5ccccc5)cc(-c5ccccc5)c4)c3)ccc1C)c1ccccc1-2. The predicted molar refractivity (Wildman–Crippen MR) is 273 cm³/mol. The van der Waals surface area contributed by atoms with Gasteiger partial charge in [-0.15, -0.1) is 0 Å². The Kier molecular flexibility index (Phi) is 11.8. The van der Waals surface area contributed by atoms with Crippen LogP contribution in [0, 0.1) is 6.92 Å². The fourth-order valence-corrected chi connectivity index (χ4v) is 11.0. The third-order valence-electron chi connectivity index (χ3n) is 14.5. The molecule has 0 fully saturated rings. The Morgan fingerprint density at radius 3 is 1.85 bits per heavy atom. The van der Waals surface area contributed by atoms with Crippen molar-refractivity contribution in [1.82, 2.24) is 0 Å². The first kappa shape index (κ1) is 42.1. The van der Waals surface area contributed by atoms with Crippen molar-refractivity contribution >= 4 is 10.8 Å². The van der Waals surface area contributed by atoms with Gasteiger partial charge in [-0.25, -0.2) is 0 Å². The Morgan fingerprint density at radius 2 is 1.14 bits per heavy atom. The van der Waals surface area contributed by atoms with Gasteiger partial charge in [0.1, 0.15) is 6.54 Å². The van der Waals surface area contributed by atoms with Crippen LogP contribution in [-0.2, 0) is 18.4 Å². The van der Waals surface area contributed by atoms with E-state index in [9.17, 15) is 0 Å². The van der Waals surface area contributed by atoms with E-state index >= 15 is 0 Å². The van der Waals surface area contributed by atoms with Crippen LogP contribution in [0.15, 0.2) is 200 Å². The van der Waals surface area contributed by atoms with Crippen LogP contribution in [0.3, 0.4) is 0 Å². The van der Waals surface area contributed by atoms with Crippen LogP contribution in [0.25, 0.3) is 77.8 Å². The number of rotatable bonds is 13. The van der Waals surface area contributed by atoms with Crippen LogP contribution in [-0.4, -0.2) is 0 Å². The van der Waals surface area contributed by atoms with Crippen LogP contribution in [0.5, 0.6) is 0 Å². The summed E-state index contributed by atoms with van der Waals surface area (Å²) < 4.78 is 5.25. The number of benzene rings is 7. The van der Waals surface area contributed by atoms with Crippen molar-refractivity contribution in [2.75, 3.05) is 0 Å². The van der Waals surface area contributed by atoms with E-state index in [1.54, 1.807) is 0 Å². The number of hydrogen-bond donors (Lipinski definition) is 0. The van der Waals surface area contributed by atoms with Gasteiger partial charge in [-0.2, -0.15) is 9.13 Å². The molecule has 2 atom stereocenters. The molecule has 0 amide bonds. The molecule has 0 saturated carbocycles. The molecule has 2 nitrogen and oxygen atoms in total. The summed E-state index contributed by atoms with van der Waals surface area (Å²) in [6.45, 7) is 10.3. The molecular weight excluding hydrogens is 785 g/mol. The molecule has 10 rings (SSSR count). The van der Waals surface area contributed by atoms with Crippen molar-refractivity contribution in [3.63, 3.8) is 0 Å². The number of hydrogen-bond acceptors (Lipinski definition) is 0. The minimum absolute atomic E-state index is 0.0299. The lowest BCUT2D eigenvalue weighted by molar-refractivity contribution is -0.730. The van der Waals surface area contributed by atoms with Crippen LogP contribution in [0.2, 0.25) is 0 Å². The highest BCUT2D eigenvalue weighted by Crippen LogP contribution is 2.49. The summed E-state index contributed by atoms with van der Waals surface area (Å²) in [5.74, 6) is 0. The highest BCUT2D eigenvalue weighted by molar-refractivity contribution is 5.94. The number of aryl methyl sites for hydroxylation is 3. The molecule has 3 heterocycles. The lowest BCUT2D eigenvalue weighted by Crippen LogP contribution is -2.57. The zero-order valence-electron chi connectivity index (χ0n) is 38.5. The third kappa shape index (κ3) is 8.01. The molecule has 0 aliphatic carbocycles. The number of unbranched alkanes of at least 4 members (excludes halogenated alkanes) is 1. The third-order valence-corrected chi connectivity index (χ3v) is 14.5. The van der Waals surface area contributed by atoms with E-state index in [1.807, 2.05) is 0 Å². The zero-order valence-corrected chi connectivity index (χ0v) is 38.5. The van der Waals surface area contributed by atoms with Crippen molar-refractivity contribution in [1.29, 1.82) is 0 Å². The molecule has 2 aromatic heterocycles. The minimum Gasteiger partial charge on any atom is -0.198 e. The van der Waals surface area contributed by atoms with Crippen molar-refractivity contribution in [2.45, 2.75) is 84.2 Å². The lowest BCUT2D eigenvalue weighted by Gasteiger charge is -2.41. The van der Waals surface area contributed by atoms with Gasteiger partial charge in [0.05, 0.1) is 21.9 Å². The van der Waals surface area contributed by atoms with Gasteiger partial charge in [0.15, 0.2) is 18.4 Å². The summed E-state index contributed by atoms with van der Waals surface area (Å²) in [4.78, 5) is 0. The molecule has 2 heteroatoms. The van der Waals surface area contributed by atoms with Crippen LogP contribution >= 0.6 is 0 Å². The zero-order chi connectivity index (χ0) is 44.3. The van der Waals surface area contributed by atoms with Gasteiger partial charge in [-0.1, -0.05) is 155 Å². The molecule has 7 aromatic carbocycles. The summed E-state index contributed by atoms with van der Waals surface area (Å²) in [6, 6.07) is 70.4. The summed E-state index contributed by atoms with van der Waals surface area (Å²) >= 11 is 0. The Morgan fingerprint density at radius 1 is 0.523 bits per heavy atom. The fourth-order valence-electron chi connectivity index (χ4n) is 11.0. The molecule has 0 radical (unpaired) electrons. The van der Waals surface area contributed by atoms with Crippen LogP contribution in [0.4, 0.5) is 0 Å². The first-order valence-electron chi connectivity index (χ1n) is 24.0. The second-order valence-corrected chi connectivity index (χ2v) is 18.2. The normalized spacial score (nSPS) is 15.4. The maximum absolute atomic E-state index is 2.67. The van der Waals surface area contributed by atoms with E-state index in [0.717, 1.165) is 32.2 Å². The van der Waals surface area contributed by atoms with Crippen LogP contribution in [0.1, 0.15) is 75.6 Å². The lowest BCUT2D eigenvalue weighted by atomic mass is 9.65. The van der Waals surface area contributed by atoms with E-state index in [0.29, 0.717) is 6.04 Å². The van der Waals surface area contributed by atoms with Gasteiger partial charge < -0.3 is 0 Å². The van der Waals surface area contributed by atoms with Crippen LogP contribution < -0.4 is 9.13 Å². The second kappa shape index (κ2) is 18.3. The number of nitrogens with zero attached hydrogens (tertiary/aromatic N) is 2. The largest absolute Gasteiger partial charge is 0.220 e. The molecule has 0 saturated heterocycles. The number of pyridine rings is 2. The van der Waals surface area contributed by atoms with E-state index in [2.05, 4.69) is 237 Å². The molecule has 0 spiro atoms. The Bertz CT molecular complexity index is 3070. The van der Waals surface area contributed by atoms with Gasteiger partial charge in [0.25, 0.3) is 0 Å². The molecule has 0 bridgehead atoms. The summed E-state index contributed by atoms with van der Waals surface area (Å²) in [7, 11) is 0. The molecule has 1 aliphatic heterocycles. The first-order valence-corrected chi connectivity index (χ1v) is 24.0. The maximum Gasteiger partial charge on any atom is 0.220 e. The summed E-state index contributed by atoms with van der Waals surface area (Å²) in [5.41, 5.74) is 19.2. The first-order chi connectivity index (χ1) is 32.0. The van der Waals surface area contributed by atoms with Gasteiger partial charge >= 0.3 is 0 Å². The molecule has 320 valence electrons. The van der Waals surface area contributed by atoms with Crippen molar-refractivity contribution in [3.8, 4) is 67.0 Å². The highest BCUT2D eigenvalue weighted by Gasteiger charge is 2.50. The average molecular weight is 845 g/mol. The smallest absolute Gasteiger partial charge is 0.198 e. The van der Waals surface area contributed by atoms with E-state index < -0.39 is 0 Å². The topological polar surface area (TPSA) is 7.76 Å². The quantitative estimate of drug-likeness (QED) is 0.102. The second-order valence-electron chi connectivity index (χ2n) is 18.2. The van der Waals surface area contributed by atoms with Gasteiger partial charge in [-0.3, -0.25) is 0 Å². The van der Waals surface area contributed by atoms with Crippen molar-refractivity contribution in [2.24, 2.45) is 0 Å². The van der Waals surface area contributed by atoms with E-state index in [-0.39, 0.29) is 5.41 Å². The molecule has 9 aromatic rings. The molecule has 2 unspecified atom stereocenters. The maximum atomic E-state index is 2.67. The number of aromatic nitrogens is 2. The van der Waals surface area contributed by atoms with Gasteiger partial charge in [0, 0.05) is 30.5 Å². The summed E-state index contributed by atoms with van der Waals surface area (Å²) in [5, 5.41) is 2.55. The summed E-state index contributed by atoms with van der Waals surface area (Å²) in [6.07, 6.45) is 11.6. The molecule has 1 aliphatic rings. The fraction of sp³-hybridized carbons (Fsp3) is 0.206. The van der Waals surface area contributed by atoms with Gasteiger partial charge in [0.2, 0.25) is 11.4 Å². The standard InChI is InChI=1S/C63H60N2/c1-5-8-20-46-32-34-60-57-29-17-18-30-59(57)63(7-3,61(6-2)65(60)44-46)36-38-64-37-35-49-25-15-16-28-56(49)62(64)58-43-52(33-31-45(58)4)50-26-19-27-51(39-50)55-41-53(47-21-11-9-12-22-47)40-54(42-55)48-23-13-10-14-24-48/h9-19,21-35,37,39-44,61H,5-8,20,36,38H2,1-4H3/q+2. The van der Waals surface area contributed by atoms with Crippen molar-refractivity contribution < 1.29 is 9.13 Å². The van der Waals surface area contributed by atoms with E-state index in [1.165, 1.54) is 107 Å². The van der Waals surface area contributed by atoms with Crippen molar-refractivity contribution in [3.05, 3.63) is 217 Å². The Balaban J connectivity index is 1.05. The van der Waals surface area contributed by atoms with Gasteiger partial charge in [-0.05, 0) is 136 Å².